The van der Waals surface area contributed by atoms with Crippen molar-refractivity contribution in [3.8, 4) is 11.1 Å². The summed E-state index contributed by atoms with van der Waals surface area (Å²) in [4.78, 5) is 0. The summed E-state index contributed by atoms with van der Waals surface area (Å²) in [5.41, 5.74) is 1.45. The molecule has 0 aliphatic carbocycles. The second-order valence-electron chi connectivity index (χ2n) is 3.77. The van der Waals surface area contributed by atoms with Crippen LogP contribution in [-0.2, 0) is 0 Å². The van der Waals surface area contributed by atoms with Crippen molar-refractivity contribution in [3.63, 3.8) is 0 Å². The van der Waals surface area contributed by atoms with Crippen LogP contribution in [0.5, 0.6) is 0 Å². The lowest BCUT2D eigenvalue weighted by Gasteiger charge is -2.04. The topological polar surface area (TPSA) is 0 Å². The van der Waals surface area contributed by atoms with Crippen LogP contribution in [0.2, 0.25) is 0 Å². The van der Waals surface area contributed by atoms with Gasteiger partial charge in [-0.2, -0.15) is 0 Å². The predicted octanol–water partition coefficient (Wildman–Crippen LogP) is 2.87. The third kappa shape index (κ3) is 2.18. The SMILES string of the molecule is C=C/C=c1/c(F)c(-c2ccccc2)ccc1=C. The van der Waals surface area contributed by atoms with E-state index in [1.807, 2.05) is 36.4 Å². The predicted molar refractivity (Wildman–Crippen MR) is 71.3 cm³/mol. The molecule has 0 atom stereocenters. The van der Waals surface area contributed by atoms with Gasteiger partial charge in [-0.25, -0.2) is 4.39 Å². The summed E-state index contributed by atoms with van der Waals surface area (Å²) in [7, 11) is 0. The third-order valence-corrected chi connectivity index (χ3v) is 2.64. The molecule has 0 bridgehead atoms. The van der Waals surface area contributed by atoms with Gasteiger partial charge in [0.25, 0.3) is 0 Å². The Balaban J connectivity index is 2.75. The van der Waals surface area contributed by atoms with Gasteiger partial charge in [0.05, 0.1) is 0 Å². The minimum Gasteiger partial charge on any atom is -0.206 e. The van der Waals surface area contributed by atoms with Gasteiger partial charge in [0, 0.05) is 10.8 Å². The van der Waals surface area contributed by atoms with E-state index in [2.05, 4.69) is 13.2 Å². The average Bonchev–Trinajstić information content (AvgIpc) is 2.36. The zero-order valence-corrected chi connectivity index (χ0v) is 9.49. The molecule has 0 saturated heterocycles. The molecule has 1 heteroatoms. The minimum atomic E-state index is -0.247. The minimum absolute atomic E-state index is 0.247. The van der Waals surface area contributed by atoms with Crippen LogP contribution in [0, 0.1) is 5.82 Å². The van der Waals surface area contributed by atoms with E-state index in [0.29, 0.717) is 16.0 Å². The van der Waals surface area contributed by atoms with Gasteiger partial charge in [-0.15, -0.1) is 0 Å². The van der Waals surface area contributed by atoms with Crippen molar-refractivity contribution in [2.75, 3.05) is 0 Å². The second kappa shape index (κ2) is 4.79. The number of rotatable bonds is 2. The van der Waals surface area contributed by atoms with Gasteiger partial charge in [-0.3, -0.25) is 0 Å². The Labute approximate surface area is 100 Å². The fraction of sp³-hybridized carbons (Fsp3) is 0. The van der Waals surface area contributed by atoms with E-state index in [1.54, 1.807) is 18.2 Å². The van der Waals surface area contributed by atoms with E-state index >= 15 is 0 Å². The van der Waals surface area contributed by atoms with Crippen LogP contribution in [0.25, 0.3) is 23.8 Å². The van der Waals surface area contributed by atoms with Crippen molar-refractivity contribution in [2.45, 2.75) is 0 Å². The molecule has 0 nitrogen and oxygen atoms in total. The molecule has 0 radical (unpaired) electrons. The van der Waals surface area contributed by atoms with Gasteiger partial charge < -0.3 is 0 Å². The molecule has 2 aromatic carbocycles. The van der Waals surface area contributed by atoms with Gasteiger partial charge in [0.1, 0.15) is 5.82 Å². The molecule has 84 valence electrons. The molecule has 0 amide bonds. The van der Waals surface area contributed by atoms with E-state index in [9.17, 15) is 4.39 Å². The molecule has 0 aromatic heterocycles. The number of benzene rings is 2. The van der Waals surface area contributed by atoms with Crippen LogP contribution in [0.3, 0.4) is 0 Å². The highest BCUT2D eigenvalue weighted by Crippen LogP contribution is 2.18. The summed E-state index contributed by atoms with van der Waals surface area (Å²) in [5, 5.41) is 1.17. The first-order chi connectivity index (χ1) is 8.24. The standard InChI is InChI=1S/C16H13F/c1-3-7-14-12(2)10-11-15(16(14)17)13-8-5-4-6-9-13/h3-11H,1-2H2/b14-7+. The molecule has 0 aliphatic rings. The van der Waals surface area contributed by atoms with Crippen LogP contribution < -0.4 is 10.4 Å². The fourth-order valence-corrected chi connectivity index (χ4v) is 1.77. The van der Waals surface area contributed by atoms with Crippen molar-refractivity contribution in [1.82, 2.24) is 0 Å². The lowest BCUT2D eigenvalue weighted by atomic mass is 10.0. The summed E-state index contributed by atoms with van der Waals surface area (Å²) in [6.07, 6.45) is 3.21. The normalized spacial score (nSPS) is 11.5. The van der Waals surface area contributed by atoms with Crippen molar-refractivity contribution in [2.24, 2.45) is 0 Å². The van der Waals surface area contributed by atoms with Crippen molar-refractivity contribution < 1.29 is 4.39 Å². The van der Waals surface area contributed by atoms with Crippen LogP contribution >= 0.6 is 0 Å². The first-order valence-corrected chi connectivity index (χ1v) is 5.39. The molecule has 0 spiro atoms. The van der Waals surface area contributed by atoms with Crippen LogP contribution in [0.1, 0.15) is 0 Å². The lowest BCUT2D eigenvalue weighted by molar-refractivity contribution is 0.621. The number of hydrogen-bond acceptors (Lipinski definition) is 0. The molecule has 0 heterocycles. The molecule has 0 fully saturated rings. The Kier molecular flexibility index (Phi) is 3.20. The highest BCUT2D eigenvalue weighted by molar-refractivity contribution is 5.64. The monoisotopic (exact) mass is 224 g/mol. The summed E-state index contributed by atoms with van der Waals surface area (Å²) >= 11 is 0. The van der Waals surface area contributed by atoms with E-state index in [1.165, 1.54) is 0 Å². The maximum atomic E-state index is 14.3. The molecular formula is C16H13F. The van der Waals surface area contributed by atoms with Gasteiger partial charge in [-0.05, 0) is 10.8 Å². The molecule has 2 rings (SSSR count). The first-order valence-electron chi connectivity index (χ1n) is 5.39. The lowest BCUT2D eigenvalue weighted by Crippen LogP contribution is -2.27. The van der Waals surface area contributed by atoms with E-state index in [0.717, 1.165) is 5.56 Å². The molecule has 17 heavy (non-hydrogen) atoms. The van der Waals surface area contributed by atoms with E-state index in [4.69, 9.17) is 0 Å². The van der Waals surface area contributed by atoms with Gasteiger partial charge in [0.15, 0.2) is 0 Å². The maximum Gasteiger partial charge on any atom is 0.138 e. The molecule has 2 aromatic rings. The Morgan fingerprint density at radius 2 is 1.71 bits per heavy atom. The molecule has 0 saturated carbocycles. The molecular weight excluding hydrogens is 211 g/mol. The molecule has 0 aliphatic heterocycles. The fourth-order valence-electron chi connectivity index (χ4n) is 1.77. The summed E-state index contributed by atoms with van der Waals surface area (Å²) < 4.78 is 14.3. The Hall–Kier alpha value is -2.15. The van der Waals surface area contributed by atoms with Gasteiger partial charge >= 0.3 is 0 Å². The Morgan fingerprint density at radius 3 is 2.35 bits per heavy atom. The Bertz CT molecular complexity index is 639. The van der Waals surface area contributed by atoms with Crippen LogP contribution in [0.4, 0.5) is 4.39 Å². The third-order valence-electron chi connectivity index (χ3n) is 2.64. The van der Waals surface area contributed by atoms with Crippen molar-refractivity contribution in [1.29, 1.82) is 0 Å². The number of hydrogen-bond donors (Lipinski definition) is 0. The van der Waals surface area contributed by atoms with Gasteiger partial charge in [0.2, 0.25) is 0 Å². The van der Waals surface area contributed by atoms with E-state index in [-0.39, 0.29) is 5.82 Å². The zero-order chi connectivity index (χ0) is 12.3. The summed E-state index contributed by atoms with van der Waals surface area (Å²) in [5.74, 6) is -0.247. The van der Waals surface area contributed by atoms with Crippen LogP contribution in [-0.4, -0.2) is 0 Å². The largest absolute Gasteiger partial charge is 0.206 e. The second-order valence-corrected chi connectivity index (χ2v) is 3.77. The van der Waals surface area contributed by atoms with Gasteiger partial charge in [-0.1, -0.05) is 67.8 Å². The zero-order valence-electron chi connectivity index (χ0n) is 9.49. The highest BCUT2D eigenvalue weighted by Gasteiger charge is 2.05. The van der Waals surface area contributed by atoms with Crippen molar-refractivity contribution in [3.05, 3.63) is 71.4 Å². The first kappa shape index (κ1) is 11.3. The maximum absolute atomic E-state index is 14.3. The van der Waals surface area contributed by atoms with Crippen LogP contribution in [0.15, 0.2) is 55.1 Å². The smallest absolute Gasteiger partial charge is 0.138 e. The summed E-state index contributed by atoms with van der Waals surface area (Å²) in [6, 6.07) is 13.0. The Morgan fingerprint density at radius 1 is 1.00 bits per heavy atom. The van der Waals surface area contributed by atoms with Crippen molar-refractivity contribution >= 4 is 12.7 Å². The molecule has 0 unspecified atom stereocenters. The average molecular weight is 224 g/mol. The summed E-state index contributed by atoms with van der Waals surface area (Å²) in [6.45, 7) is 7.41. The number of halogens is 1. The quantitative estimate of drug-likeness (QED) is 0.735. The number of allylic oxidation sites excluding steroid dienone is 1. The highest BCUT2D eigenvalue weighted by atomic mass is 19.1. The van der Waals surface area contributed by atoms with E-state index < -0.39 is 0 Å². The molecule has 0 N–H and O–H groups in total.